The minimum absolute atomic E-state index is 0. The molecule has 0 nitrogen and oxygen atoms in total. The Bertz CT molecular complexity index is 1570. The van der Waals surface area contributed by atoms with Gasteiger partial charge in [0.1, 0.15) is 0 Å². The first-order valence-electron chi connectivity index (χ1n) is 12.6. The summed E-state index contributed by atoms with van der Waals surface area (Å²) < 4.78 is 0. The Balaban J connectivity index is 0.000000286. The normalized spacial score (nSPS) is 14.1. The van der Waals surface area contributed by atoms with E-state index in [4.69, 9.17) is 0 Å². The van der Waals surface area contributed by atoms with E-state index >= 15 is 0 Å². The molecular formula is C34H34Cl2SiZr-2. The van der Waals surface area contributed by atoms with E-state index in [1.165, 1.54) is 60.2 Å². The van der Waals surface area contributed by atoms with Gasteiger partial charge in [0.05, 0.1) is 0 Å². The summed E-state index contributed by atoms with van der Waals surface area (Å²) in [7, 11) is 0. The zero-order valence-electron chi connectivity index (χ0n) is 23.0. The topological polar surface area (TPSA) is 0 Å². The van der Waals surface area contributed by atoms with E-state index in [2.05, 4.69) is 138 Å². The minimum Gasteiger partial charge on any atom is -1.00 e. The summed E-state index contributed by atoms with van der Waals surface area (Å²) in [6.07, 6.45) is 3.36. The van der Waals surface area contributed by atoms with Crippen LogP contribution in [0.5, 0.6) is 0 Å². The van der Waals surface area contributed by atoms with Crippen molar-refractivity contribution in [3.8, 4) is 11.1 Å². The molecule has 6 rings (SSSR count). The molecule has 5 aromatic rings. The predicted molar refractivity (Wildman–Crippen MR) is 157 cm³/mol. The van der Waals surface area contributed by atoms with Crippen molar-refractivity contribution in [3.05, 3.63) is 114 Å². The Morgan fingerprint density at radius 1 is 0.763 bits per heavy atom. The molecule has 0 saturated carbocycles. The van der Waals surface area contributed by atoms with Gasteiger partial charge in [-0.15, -0.1) is 53.6 Å². The van der Waals surface area contributed by atoms with Gasteiger partial charge in [0.15, 0.2) is 0 Å². The number of allylic oxidation sites excluding steroid dienone is 4. The first kappa shape index (κ1) is 32.4. The van der Waals surface area contributed by atoms with Crippen LogP contribution in [0.4, 0.5) is 0 Å². The summed E-state index contributed by atoms with van der Waals surface area (Å²) in [5.41, 5.74) is 7.13. The molecule has 0 spiro atoms. The van der Waals surface area contributed by atoms with Gasteiger partial charge in [0.25, 0.3) is 0 Å². The maximum absolute atomic E-state index is 3.36. The third kappa shape index (κ3) is 7.22. The van der Waals surface area contributed by atoms with Crippen LogP contribution in [0.1, 0.15) is 27.7 Å². The van der Waals surface area contributed by atoms with Gasteiger partial charge in [-0.2, -0.15) is 11.1 Å². The van der Waals surface area contributed by atoms with Crippen molar-refractivity contribution >= 4 is 37.8 Å². The van der Waals surface area contributed by atoms with Crippen molar-refractivity contribution in [3.63, 3.8) is 0 Å². The second kappa shape index (κ2) is 14.5. The molecule has 1 aliphatic rings. The van der Waals surface area contributed by atoms with Crippen LogP contribution in [0, 0.1) is 12.0 Å². The van der Waals surface area contributed by atoms with Gasteiger partial charge in [-0.25, -0.2) is 5.57 Å². The summed E-state index contributed by atoms with van der Waals surface area (Å²) in [5, 5.41) is 7.87. The van der Waals surface area contributed by atoms with Crippen LogP contribution < -0.4 is 24.8 Å². The van der Waals surface area contributed by atoms with Gasteiger partial charge < -0.3 is 24.8 Å². The van der Waals surface area contributed by atoms with Crippen LogP contribution in [-0.4, -0.2) is 5.43 Å². The number of hydrogen-bond donors (Lipinski definition) is 0. The molecule has 0 fully saturated rings. The first-order valence-corrected chi connectivity index (χ1v) is 18.8. The number of fused-ring (bicyclic) bond motifs is 3. The van der Waals surface area contributed by atoms with Crippen LogP contribution in [0.15, 0.2) is 108 Å². The molecule has 0 radical (unpaired) electrons. The van der Waals surface area contributed by atoms with Crippen molar-refractivity contribution in [2.45, 2.75) is 40.8 Å². The van der Waals surface area contributed by atoms with Crippen LogP contribution in [0.2, 0.25) is 13.1 Å². The molecule has 0 saturated heterocycles. The Morgan fingerprint density at radius 3 is 1.68 bits per heavy atom. The molecule has 0 N–H and O–H groups in total. The van der Waals surface area contributed by atoms with Crippen LogP contribution in [0.3, 0.4) is 0 Å². The predicted octanol–water partition coefficient (Wildman–Crippen LogP) is 4.05. The van der Waals surface area contributed by atoms with E-state index in [-0.39, 0.29) is 30.2 Å². The second-order valence-corrected chi connectivity index (χ2v) is 19.2. The largest absolute Gasteiger partial charge is 1.00 e. The monoisotopic (exact) mass is 630 g/mol. The standard InChI is InChI=1S/C23H15.C9H13.C2H6Si.2ClH.Zr/c1-4-10-19-16(7-1)13-14-22(19)23-20-11-5-2-8-17(20)15-18-9-3-6-12-21(18)23;1-6-5-7(2)9(4)8(6)3;1-3-2;;;/h1-15H;6H,1-4H3;1-2H3;2*1H;/q2*-1;;;;+2/p-2. The van der Waals surface area contributed by atoms with Crippen LogP contribution in [0.25, 0.3) is 43.4 Å². The smallest absolute Gasteiger partial charge is 0.0180 e. The third-order valence-electron chi connectivity index (χ3n) is 6.96. The van der Waals surface area contributed by atoms with Gasteiger partial charge in [0.2, 0.25) is 0 Å². The summed E-state index contributed by atoms with van der Waals surface area (Å²) >= 11 is 1.74. The number of benzene rings is 4. The molecule has 5 aromatic carbocycles. The molecule has 0 aromatic heterocycles. The molecule has 38 heavy (non-hydrogen) atoms. The molecular weight excluding hydrogens is 599 g/mol. The van der Waals surface area contributed by atoms with E-state index in [1.807, 2.05) is 0 Å². The Kier molecular flexibility index (Phi) is 12.4. The molecule has 1 aliphatic carbocycles. The first-order chi connectivity index (χ1) is 17.3. The maximum Gasteiger partial charge on any atom is -0.0180 e. The van der Waals surface area contributed by atoms with Gasteiger partial charge >= 0.3 is 41.9 Å². The van der Waals surface area contributed by atoms with Crippen LogP contribution >= 0.6 is 0 Å². The molecule has 0 bridgehead atoms. The number of hydrogen-bond acceptors (Lipinski definition) is 0. The van der Waals surface area contributed by atoms with Gasteiger partial charge in [-0.3, -0.25) is 6.08 Å². The Labute approximate surface area is 255 Å². The molecule has 4 heteroatoms. The quantitative estimate of drug-likeness (QED) is 0.149. The fraction of sp³-hybridized carbons (Fsp3) is 0.206. The fourth-order valence-corrected chi connectivity index (χ4v) is 4.83. The zero-order chi connectivity index (χ0) is 25.8. The molecule has 0 aliphatic heterocycles. The van der Waals surface area contributed by atoms with Crippen molar-refractivity contribution in [1.29, 1.82) is 0 Å². The number of rotatable bonds is 1. The van der Waals surface area contributed by atoms with Crippen molar-refractivity contribution in [1.82, 2.24) is 0 Å². The molecule has 0 amide bonds. The summed E-state index contributed by atoms with van der Waals surface area (Å²) in [6.45, 7) is 13.3. The van der Waals surface area contributed by atoms with Crippen molar-refractivity contribution < 1.29 is 48.1 Å². The number of halogens is 2. The van der Waals surface area contributed by atoms with Gasteiger partial charge in [0, 0.05) is 0 Å². The van der Waals surface area contributed by atoms with E-state index < -0.39 is 0 Å². The van der Waals surface area contributed by atoms with Crippen molar-refractivity contribution in [2.75, 3.05) is 0 Å². The molecule has 0 heterocycles. The van der Waals surface area contributed by atoms with E-state index in [1.54, 1.807) is 23.3 Å². The van der Waals surface area contributed by atoms with Crippen LogP contribution in [-0.2, 0) is 23.3 Å². The summed E-state index contributed by atoms with van der Waals surface area (Å²) in [4.78, 5) is 0. The molecule has 1 atom stereocenters. The van der Waals surface area contributed by atoms with E-state index in [0.717, 1.165) is 0 Å². The minimum atomic E-state index is 0. The summed E-state index contributed by atoms with van der Waals surface area (Å²) in [5.74, 6) is 0.560. The molecule has 1 unspecified atom stereocenters. The van der Waals surface area contributed by atoms with Crippen molar-refractivity contribution in [2.24, 2.45) is 5.92 Å². The third-order valence-corrected chi connectivity index (χ3v) is 6.96. The van der Waals surface area contributed by atoms with Gasteiger partial charge in [-0.05, 0) is 27.6 Å². The Hall–Kier alpha value is -1.83. The Morgan fingerprint density at radius 2 is 1.24 bits per heavy atom. The maximum atomic E-state index is 3.36. The molecule has 194 valence electrons. The van der Waals surface area contributed by atoms with E-state index in [9.17, 15) is 0 Å². The van der Waals surface area contributed by atoms with E-state index in [0.29, 0.717) is 5.92 Å². The van der Waals surface area contributed by atoms with Gasteiger partial charge in [-0.1, -0.05) is 86.8 Å². The second-order valence-electron chi connectivity index (χ2n) is 9.83. The average molecular weight is 633 g/mol. The average Bonchev–Trinajstić information content (AvgIpc) is 3.38. The summed E-state index contributed by atoms with van der Waals surface area (Å²) in [6, 6.07) is 32.8. The zero-order valence-corrected chi connectivity index (χ0v) is 28.0. The SMILES string of the molecule is CC1=[C-]C(C)C(C)=C1C.C[Si](C)=[Zr+2].[Cl-].[Cl-].c1ccc2c(-c3c[cH-]c4ccccc34)c3ccccc3cc2c1. The fourth-order valence-electron chi connectivity index (χ4n) is 4.83.